The largest absolute Gasteiger partial charge is 0.354 e. The van der Waals surface area contributed by atoms with E-state index in [1.807, 2.05) is 24.3 Å². The predicted octanol–water partition coefficient (Wildman–Crippen LogP) is 9.78. The van der Waals surface area contributed by atoms with Crippen LogP contribution in [0.3, 0.4) is 0 Å². The number of sulfonamides is 2. The number of piperazine rings is 2. The molecule has 8 heterocycles. The van der Waals surface area contributed by atoms with E-state index in [2.05, 4.69) is 136 Å². The predicted molar refractivity (Wildman–Crippen MR) is 340 cm³/mol. The second-order valence-electron chi connectivity index (χ2n) is 21.7. The smallest absolute Gasteiger partial charge is 0.278 e. The fourth-order valence-corrected chi connectivity index (χ4v) is 14.5. The molecular formula is C61H83Cl3F2N10O6S3. The maximum atomic E-state index is 13.2. The number of hydrogen-bond donors (Lipinski definition) is 2. The first kappa shape index (κ1) is 71.0. The minimum absolute atomic E-state index is 0. The maximum Gasteiger partial charge on any atom is 0.278 e. The van der Waals surface area contributed by atoms with Gasteiger partial charge in [0, 0.05) is 89.2 Å². The Morgan fingerprint density at radius 1 is 0.424 bits per heavy atom. The molecule has 85 heavy (non-hydrogen) atoms. The van der Waals surface area contributed by atoms with Crippen molar-refractivity contribution in [3.05, 3.63) is 173 Å². The van der Waals surface area contributed by atoms with Gasteiger partial charge < -0.3 is 25.3 Å². The molecule has 0 bridgehead atoms. The minimum Gasteiger partial charge on any atom is -0.354 e. The summed E-state index contributed by atoms with van der Waals surface area (Å²) in [6.07, 6.45) is 5.82. The van der Waals surface area contributed by atoms with Crippen LogP contribution in [-0.4, -0.2) is 164 Å². The Hall–Kier alpha value is -4.75. The van der Waals surface area contributed by atoms with Crippen molar-refractivity contribution in [3.8, 4) is 0 Å². The summed E-state index contributed by atoms with van der Waals surface area (Å²) in [6, 6.07) is 38.0. The number of halogens is 5. The molecule has 5 aliphatic heterocycles. The normalized spacial score (nSPS) is 18.0. The van der Waals surface area contributed by atoms with Gasteiger partial charge in [-0.1, -0.05) is 91.0 Å². The quantitative estimate of drug-likeness (QED) is 0.103. The number of rotatable bonds is 9. The number of likely N-dealkylation sites (N-methyl/N-ethyl adjacent to an activating group) is 2. The number of hydrogen-bond acceptors (Lipinski definition) is 14. The Morgan fingerprint density at radius 3 is 1.15 bits per heavy atom. The Kier molecular flexibility index (Phi) is 28.5. The van der Waals surface area contributed by atoms with Crippen molar-refractivity contribution >= 4 is 70.4 Å². The number of pyridine rings is 3. The first-order valence-corrected chi connectivity index (χ1v) is 33.8. The fraction of sp³-hybridized carbons (Fsp3) is 0.459. The van der Waals surface area contributed by atoms with Crippen molar-refractivity contribution in [2.75, 3.05) is 111 Å². The highest BCUT2D eigenvalue weighted by Crippen LogP contribution is 2.34. The number of aromatic nitrogens is 3. The first-order chi connectivity index (χ1) is 39.7. The van der Waals surface area contributed by atoms with E-state index in [1.165, 1.54) is 89.3 Å². The first-order valence-electron chi connectivity index (χ1n) is 28.6. The van der Waals surface area contributed by atoms with Crippen LogP contribution < -0.4 is 15.5 Å². The van der Waals surface area contributed by atoms with Crippen LogP contribution in [0.25, 0.3) is 0 Å². The summed E-state index contributed by atoms with van der Waals surface area (Å²) >= 11 is 0. The molecule has 3 aromatic carbocycles. The Balaban J connectivity index is 0.000000209. The summed E-state index contributed by atoms with van der Waals surface area (Å²) < 4.78 is 101. The molecule has 0 aliphatic carbocycles. The molecule has 466 valence electrons. The van der Waals surface area contributed by atoms with Gasteiger partial charge in [0.1, 0.15) is 5.82 Å². The highest BCUT2D eigenvalue weighted by Gasteiger charge is 2.33. The van der Waals surface area contributed by atoms with Crippen LogP contribution in [0.4, 0.5) is 14.6 Å². The number of piperidine rings is 3. The van der Waals surface area contributed by atoms with Crippen LogP contribution in [-0.2, 0) is 29.1 Å². The molecule has 24 heteroatoms. The molecule has 16 nitrogen and oxygen atoms in total. The molecule has 0 spiro atoms. The molecule has 0 amide bonds. The van der Waals surface area contributed by atoms with E-state index in [1.54, 1.807) is 15.9 Å². The highest BCUT2D eigenvalue weighted by molar-refractivity contribution is 8.13. The maximum absolute atomic E-state index is 13.2. The van der Waals surface area contributed by atoms with E-state index >= 15 is 0 Å². The van der Waals surface area contributed by atoms with Gasteiger partial charge in [-0.25, -0.2) is 40.2 Å². The zero-order chi connectivity index (χ0) is 59.6. The topological polar surface area (TPSA) is 181 Å². The summed E-state index contributed by atoms with van der Waals surface area (Å²) in [6.45, 7) is 19.1. The number of aryl methyl sites for hydroxylation is 3. The van der Waals surface area contributed by atoms with Gasteiger partial charge in [-0.15, -0.1) is 24.8 Å². The molecule has 11 rings (SSSR count). The van der Waals surface area contributed by atoms with Gasteiger partial charge in [0.25, 0.3) is 29.1 Å². The zero-order valence-corrected chi connectivity index (χ0v) is 54.0. The van der Waals surface area contributed by atoms with Crippen LogP contribution >= 0.6 is 35.5 Å². The number of nitrogens with one attached hydrogen (secondary N) is 2. The van der Waals surface area contributed by atoms with E-state index in [4.69, 9.17) is 10.7 Å². The molecule has 0 unspecified atom stereocenters. The SMILES string of the molecule is CN1CCNCC1.Cc1ccccc1C1CCN(S(=O)(=O)c2cccc(F)n2)CC1.Cc1ccccc1C1CCN(S(=O)(=O)c2cccc(N3CCN(C)CC3)n2)CC1.Cc1ccccc1C1CCNCC1.Cl.Cl.O=S(=O)(Cl)c1cccc(F)n1. The third-order valence-electron chi connectivity index (χ3n) is 15.8. The van der Waals surface area contributed by atoms with Gasteiger partial charge in [0.2, 0.25) is 11.9 Å². The van der Waals surface area contributed by atoms with E-state index in [0.717, 1.165) is 94.9 Å². The van der Waals surface area contributed by atoms with Crippen molar-refractivity contribution in [2.24, 2.45) is 0 Å². The lowest BCUT2D eigenvalue weighted by molar-refractivity contribution is 0.291. The number of nitrogens with zero attached hydrogens (tertiary/aromatic N) is 8. The third-order valence-corrected chi connectivity index (χ3v) is 20.6. The second-order valence-corrected chi connectivity index (χ2v) is 27.9. The van der Waals surface area contributed by atoms with Gasteiger partial charge in [-0.3, -0.25) is 0 Å². The number of anilines is 1. The van der Waals surface area contributed by atoms with Crippen LogP contribution in [0, 0.1) is 32.7 Å². The highest BCUT2D eigenvalue weighted by atomic mass is 35.7. The number of benzene rings is 3. The Labute approximate surface area is 520 Å². The van der Waals surface area contributed by atoms with Crippen LogP contribution in [0.5, 0.6) is 0 Å². The molecule has 6 aromatic rings. The molecule has 0 atom stereocenters. The molecule has 2 N–H and O–H groups in total. The van der Waals surface area contributed by atoms with Crippen LogP contribution in [0.2, 0.25) is 0 Å². The van der Waals surface area contributed by atoms with Gasteiger partial charge in [-0.2, -0.15) is 17.4 Å². The third kappa shape index (κ3) is 20.9. The standard InChI is InChI=1S/C22H30N4O2S.C17H19FN2O2S.C12H17N.C5H3ClFNO2S.C5H12N2.2ClH/c1-18-6-3-4-7-20(18)19-10-12-26(13-11-19)29(27,28)22-9-5-8-21(23-22)25-16-14-24(2)15-17-25;1-13-5-2-3-6-15(13)14-9-11-20(12-10-14)23(21,22)17-8-4-7-16(18)19-17;1-10-4-2-3-5-12(10)11-6-8-13-9-7-11;6-11(9,10)5-3-1-2-4(7)8-5;1-7-4-2-6-3-5-7;;/h3-9,19H,10-17H2,1-2H3;2-8,14H,9-12H2,1H3;2-5,11,13H,6-9H2,1H3;1-3H;6H,2-5H2,1H3;2*1H. The monoisotopic (exact) mass is 1290 g/mol. The Morgan fingerprint density at radius 2 is 0.776 bits per heavy atom. The van der Waals surface area contributed by atoms with Crippen LogP contribution in [0.1, 0.15) is 89.7 Å². The molecule has 5 aliphatic rings. The average molecular weight is 1290 g/mol. The van der Waals surface area contributed by atoms with Gasteiger partial charge >= 0.3 is 0 Å². The van der Waals surface area contributed by atoms with Crippen molar-refractivity contribution in [1.29, 1.82) is 0 Å². The van der Waals surface area contributed by atoms with Crippen molar-refractivity contribution < 1.29 is 34.0 Å². The fourth-order valence-electron chi connectivity index (χ4n) is 10.9. The lowest BCUT2D eigenvalue weighted by Crippen LogP contribution is -2.45. The molecule has 0 radical (unpaired) electrons. The molecule has 3 aromatic heterocycles. The second kappa shape index (κ2) is 34.1. The lowest BCUT2D eigenvalue weighted by atomic mass is 9.87. The Bertz CT molecular complexity index is 3360. The van der Waals surface area contributed by atoms with Crippen molar-refractivity contribution in [1.82, 2.24) is 44.0 Å². The summed E-state index contributed by atoms with van der Waals surface area (Å²) in [5.41, 5.74) is 8.17. The van der Waals surface area contributed by atoms with E-state index in [9.17, 15) is 34.0 Å². The molecule has 5 saturated heterocycles. The van der Waals surface area contributed by atoms with Crippen molar-refractivity contribution in [3.63, 3.8) is 0 Å². The zero-order valence-electron chi connectivity index (χ0n) is 49.2. The van der Waals surface area contributed by atoms with E-state index in [0.29, 0.717) is 38.0 Å². The van der Waals surface area contributed by atoms with Crippen LogP contribution in [0.15, 0.2) is 142 Å². The summed E-state index contributed by atoms with van der Waals surface area (Å²) in [5.74, 6) is 0.694. The lowest BCUT2D eigenvalue weighted by Gasteiger charge is -2.34. The van der Waals surface area contributed by atoms with Gasteiger partial charge in [0.05, 0.1) is 0 Å². The summed E-state index contributed by atoms with van der Waals surface area (Å²) in [7, 11) is -2.06. The van der Waals surface area contributed by atoms with E-state index in [-0.39, 0.29) is 34.9 Å². The molecular weight excluding hydrogens is 1210 g/mol. The minimum atomic E-state index is -3.90. The van der Waals surface area contributed by atoms with Gasteiger partial charge in [-0.05, 0) is 174 Å². The van der Waals surface area contributed by atoms with E-state index < -0.39 is 46.0 Å². The summed E-state index contributed by atoms with van der Waals surface area (Å²) in [5, 5.41) is 6.16. The van der Waals surface area contributed by atoms with Crippen molar-refractivity contribution in [2.45, 2.75) is 92.1 Å². The van der Waals surface area contributed by atoms with Gasteiger partial charge in [0.15, 0.2) is 15.1 Å². The molecule has 0 saturated carbocycles. The summed E-state index contributed by atoms with van der Waals surface area (Å²) in [4.78, 5) is 17.9. The molecule has 5 fully saturated rings. The average Bonchev–Trinajstić information content (AvgIpc) is 3.30.